The van der Waals surface area contributed by atoms with E-state index in [1.165, 1.54) is 6.20 Å². The average Bonchev–Trinajstić information content (AvgIpc) is 3.18. The molecule has 1 aromatic carbocycles. The number of carboxylic acid groups (broad SMARTS) is 1. The molecule has 1 saturated carbocycles. The first kappa shape index (κ1) is 25.8. The number of amides is 2. The van der Waals surface area contributed by atoms with Crippen molar-refractivity contribution in [1.82, 2.24) is 25.5 Å². The molecule has 2 amide bonds. The molecule has 2 aromatic rings. The number of carbonyl (C=O) groups excluding carboxylic acids is 2. The van der Waals surface area contributed by atoms with Gasteiger partial charge in [-0.2, -0.15) is 0 Å². The highest BCUT2D eigenvalue weighted by molar-refractivity contribution is 5.97. The second-order valence-electron chi connectivity index (χ2n) is 11.1. The van der Waals surface area contributed by atoms with Crippen LogP contribution in [0.15, 0.2) is 42.7 Å². The van der Waals surface area contributed by atoms with Crippen LogP contribution in [-0.2, 0) is 9.59 Å². The maximum Gasteiger partial charge on any atom is 0.311 e. The number of aliphatic carboxylic acids is 1. The number of aromatic nitrogens is 2. The molecule has 9 heteroatoms. The van der Waals surface area contributed by atoms with E-state index in [1.54, 1.807) is 18.0 Å². The molecule has 1 saturated heterocycles. The van der Waals surface area contributed by atoms with Gasteiger partial charge in [0.15, 0.2) is 0 Å². The van der Waals surface area contributed by atoms with Crippen molar-refractivity contribution in [2.24, 2.45) is 5.41 Å². The van der Waals surface area contributed by atoms with Gasteiger partial charge in [0.1, 0.15) is 11.7 Å². The zero-order chi connectivity index (χ0) is 26.1. The van der Waals surface area contributed by atoms with Crippen LogP contribution in [0, 0.1) is 5.41 Å². The van der Waals surface area contributed by atoms with Crippen molar-refractivity contribution in [3.05, 3.63) is 48.4 Å². The van der Waals surface area contributed by atoms with Gasteiger partial charge in [0.05, 0.1) is 23.5 Å². The van der Waals surface area contributed by atoms with Crippen molar-refractivity contribution >= 4 is 17.8 Å². The van der Waals surface area contributed by atoms with Crippen LogP contribution in [0.5, 0.6) is 0 Å². The number of hydrogen-bond donors (Lipinski definition) is 3. The SMILES string of the molecule is CC(C)(C)N[C@@H]1CC[C@H](N2CC[C@H](NC(=O)c3cncc(-c4ccccc4)n3)C2=O)[C@](C)(C(=O)O)C1. The number of likely N-dealkylation sites (tertiary alicyclic amines) is 1. The van der Waals surface area contributed by atoms with Gasteiger partial charge >= 0.3 is 5.97 Å². The molecule has 4 rings (SSSR count). The number of carbonyl (C=O) groups is 3. The summed E-state index contributed by atoms with van der Waals surface area (Å²) in [6, 6.07) is 8.34. The lowest BCUT2D eigenvalue weighted by Crippen LogP contribution is -2.59. The van der Waals surface area contributed by atoms with E-state index in [0.29, 0.717) is 31.5 Å². The van der Waals surface area contributed by atoms with Crippen molar-refractivity contribution in [3.63, 3.8) is 0 Å². The van der Waals surface area contributed by atoms with Crippen molar-refractivity contribution < 1.29 is 19.5 Å². The van der Waals surface area contributed by atoms with Crippen LogP contribution in [0.1, 0.15) is 63.9 Å². The summed E-state index contributed by atoms with van der Waals surface area (Å²) in [5.74, 6) is -1.61. The Hall–Kier alpha value is -3.33. The third-order valence-electron chi connectivity index (χ3n) is 7.18. The second kappa shape index (κ2) is 9.97. The van der Waals surface area contributed by atoms with Gasteiger partial charge in [-0.3, -0.25) is 19.4 Å². The van der Waals surface area contributed by atoms with E-state index < -0.39 is 29.4 Å². The van der Waals surface area contributed by atoms with Gasteiger partial charge in [-0.15, -0.1) is 0 Å². The summed E-state index contributed by atoms with van der Waals surface area (Å²) in [5, 5.41) is 16.5. The standard InChI is InChI=1S/C27H35N5O4/c1-26(2,3)31-18-10-11-22(27(4,14-18)25(35)36)32-13-12-19(24(32)34)30-23(33)21-16-28-15-20(29-21)17-8-6-5-7-9-17/h5-9,15-16,18-19,22,31H,10-14H2,1-4H3,(H,30,33)(H,35,36)/t18-,19+,22+,27-/m1/s1. The first-order valence-corrected chi connectivity index (χ1v) is 12.5. The van der Waals surface area contributed by atoms with E-state index in [4.69, 9.17) is 0 Å². The molecule has 0 radical (unpaired) electrons. The molecule has 3 N–H and O–H groups in total. The average molecular weight is 494 g/mol. The quantitative estimate of drug-likeness (QED) is 0.565. The summed E-state index contributed by atoms with van der Waals surface area (Å²) in [5.41, 5.74) is 0.335. The first-order chi connectivity index (χ1) is 17.0. The molecule has 4 atom stereocenters. The summed E-state index contributed by atoms with van der Waals surface area (Å²) in [4.78, 5) is 48.9. The van der Waals surface area contributed by atoms with Gasteiger partial charge in [-0.05, 0) is 53.4 Å². The smallest absolute Gasteiger partial charge is 0.311 e. The Morgan fingerprint density at radius 1 is 1.11 bits per heavy atom. The minimum Gasteiger partial charge on any atom is -0.481 e. The highest BCUT2D eigenvalue weighted by Gasteiger charge is 2.52. The maximum absolute atomic E-state index is 13.3. The lowest BCUT2D eigenvalue weighted by atomic mass is 9.68. The number of benzene rings is 1. The lowest BCUT2D eigenvalue weighted by molar-refractivity contribution is -0.158. The van der Waals surface area contributed by atoms with E-state index in [0.717, 1.165) is 12.0 Å². The van der Waals surface area contributed by atoms with Crippen molar-refractivity contribution in [1.29, 1.82) is 0 Å². The number of carboxylic acids is 1. The Labute approximate surface area is 211 Å². The summed E-state index contributed by atoms with van der Waals surface area (Å²) in [7, 11) is 0. The minimum atomic E-state index is -1.08. The largest absolute Gasteiger partial charge is 0.481 e. The molecule has 2 fully saturated rings. The van der Waals surface area contributed by atoms with Crippen LogP contribution in [0.3, 0.4) is 0 Å². The van der Waals surface area contributed by atoms with E-state index >= 15 is 0 Å². The molecule has 192 valence electrons. The molecule has 2 heterocycles. The van der Waals surface area contributed by atoms with Gasteiger partial charge in [0, 0.05) is 29.7 Å². The second-order valence-corrected chi connectivity index (χ2v) is 11.1. The van der Waals surface area contributed by atoms with E-state index in [2.05, 4.69) is 41.4 Å². The number of hydrogen-bond acceptors (Lipinski definition) is 6. The molecule has 36 heavy (non-hydrogen) atoms. The summed E-state index contributed by atoms with van der Waals surface area (Å²) in [6.07, 6.45) is 5.20. The third kappa shape index (κ3) is 5.41. The highest BCUT2D eigenvalue weighted by atomic mass is 16.4. The van der Waals surface area contributed by atoms with Crippen molar-refractivity contribution in [2.75, 3.05) is 6.54 Å². The van der Waals surface area contributed by atoms with Crippen LogP contribution in [0.25, 0.3) is 11.3 Å². The van der Waals surface area contributed by atoms with Crippen LogP contribution in [0.2, 0.25) is 0 Å². The van der Waals surface area contributed by atoms with Gasteiger partial charge in [0.25, 0.3) is 5.91 Å². The molecule has 1 aliphatic carbocycles. The number of nitrogens with one attached hydrogen (secondary N) is 2. The number of rotatable bonds is 6. The Morgan fingerprint density at radius 2 is 1.83 bits per heavy atom. The Bertz CT molecular complexity index is 1130. The summed E-state index contributed by atoms with van der Waals surface area (Å²) >= 11 is 0. The fourth-order valence-electron chi connectivity index (χ4n) is 5.49. The molecule has 0 spiro atoms. The van der Waals surface area contributed by atoms with Crippen LogP contribution < -0.4 is 10.6 Å². The predicted octanol–water partition coefficient (Wildman–Crippen LogP) is 2.87. The lowest BCUT2D eigenvalue weighted by Gasteiger charge is -2.47. The fourth-order valence-corrected chi connectivity index (χ4v) is 5.49. The Kier molecular flexibility index (Phi) is 7.13. The van der Waals surface area contributed by atoms with Crippen molar-refractivity contribution in [3.8, 4) is 11.3 Å². The zero-order valence-corrected chi connectivity index (χ0v) is 21.3. The zero-order valence-electron chi connectivity index (χ0n) is 21.3. The normalized spacial score (nSPS) is 26.6. The Morgan fingerprint density at radius 3 is 2.50 bits per heavy atom. The summed E-state index contributed by atoms with van der Waals surface area (Å²) in [6.45, 7) is 8.34. The molecule has 2 aliphatic rings. The van der Waals surface area contributed by atoms with E-state index in [1.807, 2.05) is 30.3 Å². The monoisotopic (exact) mass is 493 g/mol. The van der Waals surface area contributed by atoms with Gasteiger partial charge in [0.2, 0.25) is 5.91 Å². The number of nitrogens with zero attached hydrogens (tertiary/aromatic N) is 3. The minimum absolute atomic E-state index is 0.0611. The van der Waals surface area contributed by atoms with Crippen LogP contribution >= 0.6 is 0 Å². The fraction of sp³-hybridized carbons (Fsp3) is 0.519. The van der Waals surface area contributed by atoms with Crippen LogP contribution in [-0.4, -0.2) is 68.0 Å². The van der Waals surface area contributed by atoms with Gasteiger partial charge in [-0.25, -0.2) is 4.98 Å². The third-order valence-corrected chi connectivity index (χ3v) is 7.18. The maximum atomic E-state index is 13.3. The molecule has 0 bridgehead atoms. The first-order valence-electron chi connectivity index (χ1n) is 12.5. The van der Waals surface area contributed by atoms with Gasteiger partial charge in [-0.1, -0.05) is 30.3 Å². The molecule has 1 aliphatic heterocycles. The molecule has 1 aromatic heterocycles. The molecule has 0 unspecified atom stereocenters. The van der Waals surface area contributed by atoms with Gasteiger partial charge < -0.3 is 20.6 Å². The van der Waals surface area contributed by atoms with Crippen LogP contribution in [0.4, 0.5) is 0 Å². The molecular formula is C27H35N5O4. The summed E-state index contributed by atoms with van der Waals surface area (Å²) < 4.78 is 0. The molecule has 9 nitrogen and oxygen atoms in total. The van der Waals surface area contributed by atoms with E-state index in [9.17, 15) is 19.5 Å². The topological polar surface area (TPSA) is 125 Å². The molecular weight excluding hydrogens is 458 g/mol. The Balaban J connectivity index is 1.45. The predicted molar refractivity (Wildman–Crippen MR) is 135 cm³/mol. The highest BCUT2D eigenvalue weighted by Crippen LogP contribution is 2.41. The van der Waals surface area contributed by atoms with E-state index in [-0.39, 0.29) is 23.2 Å². The van der Waals surface area contributed by atoms with Crippen molar-refractivity contribution in [2.45, 2.75) is 77.0 Å².